The first-order valence-electron chi connectivity index (χ1n) is 5.45. The molecule has 1 amide bonds. The van der Waals surface area contributed by atoms with Gasteiger partial charge in [0.2, 0.25) is 5.91 Å². The van der Waals surface area contributed by atoms with E-state index in [0.29, 0.717) is 19.6 Å². The lowest BCUT2D eigenvalue weighted by Crippen LogP contribution is -2.37. The summed E-state index contributed by atoms with van der Waals surface area (Å²) in [5, 5.41) is 2.60. The first-order chi connectivity index (χ1) is 7.07. The highest BCUT2D eigenvalue weighted by molar-refractivity contribution is 5.87. The van der Waals surface area contributed by atoms with Crippen LogP contribution in [0.25, 0.3) is 0 Å². The zero-order valence-corrected chi connectivity index (χ0v) is 9.84. The van der Waals surface area contributed by atoms with Crippen LogP contribution in [0.1, 0.15) is 40.0 Å². The van der Waals surface area contributed by atoms with Crippen molar-refractivity contribution < 1.29 is 14.3 Å². The van der Waals surface area contributed by atoms with Gasteiger partial charge in [0.05, 0.1) is 12.6 Å². The van der Waals surface area contributed by atoms with Crippen LogP contribution in [-0.2, 0) is 14.3 Å². The van der Waals surface area contributed by atoms with Gasteiger partial charge >= 0.3 is 0 Å². The van der Waals surface area contributed by atoms with Crippen molar-refractivity contribution >= 4 is 11.7 Å². The Labute approximate surface area is 91.4 Å². The van der Waals surface area contributed by atoms with Gasteiger partial charge in [-0.25, -0.2) is 0 Å². The fourth-order valence-corrected chi connectivity index (χ4v) is 0.929. The zero-order valence-electron chi connectivity index (χ0n) is 9.84. The molecule has 0 unspecified atom stereocenters. The number of unbranched alkanes of at least 4 members (excludes halogenated alkanes) is 1. The molecule has 88 valence electrons. The van der Waals surface area contributed by atoms with Gasteiger partial charge in [0.25, 0.3) is 0 Å². The molecule has 4 heteroatoms. The van der Waals surface area contributed by atoms with E-state index in [-0.39, 0.29) is 11.7 Å². The fourth-order valence-electron chi connectivity index (χ4n) is 0.929. The quantitative estimate of drug-likeness (QED) is 0.621. The molecule has 4 nitrogen and oxygen atoms in total. The highest BCUT2D eigenvalue weighted by atomic mass is 16.5. The van der Waals surface area contributed by atoms with Crippen LogP contribution >= 0.6 is 0 Å². The molecule has 15 heavy (non-hydrogen) atoms. The van der Waals surface area contributed by atoms with Gasteiger partial charge in [0.1, 0.15) is 0 Å². The van der Waals surface area contributed by atoms with Crippen molar-refractivity contribution in [3.05, 3.63) is 0 Å². The van der Waals surface area contributed by atoms with Crippen LogP contribution in [0.2, 0.25) is 0 Å². The number of ketones is 1. The molecule has 1 atom stereocenters. The summed E-state index contributed by atoms with van der Waals surface area (Å²) in [6.07, 6.45) is 2.43. The molecule has 0 aromatic heterocycles. The Hall–Kier alpha value is -0.900. The first-order valence-corrected chi connectivity index (χ1v) is 5.45. The molecule has 0 saturated heterocycles. The number of Topliss-reactive ketones (excluding diaryl/α,β-unsaturated/α-hetero) is 1. The summed E-state index contributed by atoms with van der Waals surface area (Å²) < 4.78 is 5.24. The maximum Gasteiger partial charge on any atom is 0.222 e. The fraction of sp³-hybridized carbons (Fsp3) is 0.818. The number of hydrogen-bond donors (Lipinski definition) is 1. The lowest BCUT2D eigenvalue weighted by Gasteiger charge is -2.10. The second-order valence-electron chi connectivity index (χ2n) is 3.62. The molecule has 0 bridgehead atoms. The van der Waals surface area contributed by atoms with Gasteiger partial charge in [-0.15, -0.1) is 0 Å². The Bertz CT molecular complexity index is 204. The summed E-state index contributed by atoms with van der Waals surface area (Å²) in [6.45, 7) is 6.36. The largest absolute Gasteiger partial charge is 0.381 e. The number of rotatable bonds is 8. The van der Waals surface area contributed by atoms with E-state index in [9.17, 15) is 9.59 Å². The Morgan fingerprint density at radius 1 is 1.33 bits per heavy atom. The average Bonchev–Trinajstić information content (AvgIpc) is 2.17. The van der Waals surface area contributed by atoms with Crippen molar-refractivity contribution in [2.75, 3.05) is 13.2 Å². The van der Waals surface area contributed by atoms with Gasteiger partial charge < -0.3 is 10.1 Å². The molecule has 0 aliphatic rings. The van der Waals surface area contributed by atoms with Crippen LogP contribution < -0.4 is 5.32 Å². The Balaban J connectivity index is 3.45. The molecule has 0 aliphatic heterocycles. The number of nitrogens with one attached hydrogen (secondary N) is 1. The number of carbonyl (C=O) groups is 2. The van der Waals surface area contributed by atoms with Gasteiger partial charge in [-0.05, 0) is 20.3 Å². The van der Waals surface area contributed by atoms with Crippen molar-refractivity contribution in [3.8, 4) is 0 Å². The van der Waals surface area contributed by atoms with E-state index < -0.39 is 6.04 Å². The van der Waals surface area contributed by atoms with E-state index in [2.05, 4.69) is 12.2 Å². The maximum absolute atomic E-state index is 11.2. The number of hydrogen-bond acceptors (Lipinski definition) is 3. The Morgan fingerprint density at radius 3 is 2.53 bits per heavy atom. The third kappa shape index (κ3) is 8.12. The highest BCUT2D eigenvalue weighted by Gasteiger charge is 2.10. The van der Waals surface area contributed by atoms with Crippen molar-refractivity contribution in [1.29, 1.82) is 0 Å². The minimum atomic E-state index is -0.395. The minimum Gasteiger partial charge on any atom is -0.381 e. The molecule has 0 spiro atoms. The Kier molecular flexibility index (Phi) is 7.91. The monoisotopic (exact) mass is 215 g/mol. The summed E-state index contributed by atoms with van der Waals surface area (Å²) in [5.41, 5.74) is 0. The van der Waals surface area contributed by atoms with E-state index in [0.717, 1.165) is 12.8 Å². The molecular formula is C11H21NO3. The lowest BCUT2D eigenvalue weighted by molar-refractivity contribution is -0.127. The van der Waals surface area contributed by atoms with Crippen molar-refractivity contribution in [3.63, 3.8) is 0 Å². The number of ether oxygens (including phenoxy) is 1. The SMILES string of the molecule is CCCCOCCC(=O)N[C@H](C)C(C)=O. The summed E-state index contributed by atoms with van der Waals surface area (Å²) in [4.78, 5) is 22.1. The topological polar surface area (TPSA) is 55.4 Å². The second-order valence-corrected chi connectivity index (χ2v) is 3.62. The van der Waals surface area contributed by atoms with Crippen molar-refractivity contribution in [2.24, 2.45) is 0 Å². The first kappa shape index (κ1) is 14.1. The molecule has 0 radical (unpaired) electrons. The molecule has 1 N–H and O–H groups in total. The van der Waals surface area contributed by atoms with Crippen LogP contribution in [-0.4, -0.2) is 30.9 Å². The summed E-state index contributed by atoms with van der Waals surface area (Å²) >= 11 is 0. The van der Waals surface area contributed by atoms with Crippen LogP contribution in [0.3, 0.4) is 0 Å². The van der Waals surface area contributed by atoms with E-state index in [1.165, 1.54) is 6.92 Å². The molecule has 0 saturated carbocycles. The van der Waals surface area contributed by atoms with Crippen molar-refractivity contribution in [1.82, 2.24) is 5.32 Å². The smallest absolute Gasteiger partial charge is 0.222 e. The molecule has 0 fully saturated rings. The van der Waals surface area contributed by atoms with Gasteiger partial charge in [-0.2, -0.15) is 0 Å². The van der Waals surface area contributed by atoms with Gasteiger partial charge in [0.15, 0.2) is 5.78 Å². The molecule has 0 aromatic carbocycles. The Morgan fingerprint density at radius 2 is 2.00 bits per heavy atom. The average molecular weight is 215 g/mol. The minimum absolute atomic E-state index is 0.0322. The number of carbonyl (C=O) groups excluding carboxylic acids is 2. The maximum atomic E-state index is 11.2. The van der Waals surface area contributed by atoms with Crippen LogP contribution in [0.4, 0.5) is 0 Å². The third-order valence-electron chi connectivity index (χ3n) is 2.10. The van der Waals surface area contributed by atoms with E-state index in [4.69, 9.17) is 4.74 Å². The molecule has 0 rings (SSSR count). The third-order valence-corrected chi connectivity index (χ3v) is 2.10. The van der Waals surface area contributed by atoms with E-state index in [1.54, 1.807) is 6.92 Å². The van der Waals surface area contributed by atoms with Gasteiger partial charge in [0, 0.05) is 13.0 Å². The van der Waals surface area contributed by atoms with Crippen LogP contribution in [0.5, 0.6) is 0 Å². The predicted octanol–water partition coefficient (Wildman–Crippen LogP) is 1.29. The van der Waals surface area contributed by atoms with Crippen LogP contribution in [0.15, 0.2) is 0 Å². The predicted molar refractivity (Wildman–Crippen MR) is 58.6 cm³/mol. The number of amides is 1. The van der Waals surface area contributed by atoms with Gasteiger partial charge in [-0.3, -0.25) is 9.59 Å². The standard InChI is InChI=1S/C11H21NO3/c1-4-5-7-15-8-6-11(14)12-9(2)10(3)13/h9H,4-8H2,1-3H3,(H,12,14)/t9-/m1/s1. The summed E-state index contributed by atoms with van der Waals surface area (Å²) in [7, 11) is 0. The van der Waals surface area contributed by atoms with E-state index in [1.807, 2.05) is 0 Å². The highest BCUT2D eigenvalue weighted by Crippen LogP contribution is 1.91. The van der Waals surface area contributed by atoms with Crippen LogP contribution in [0, 0.1) is 0 Å². The van der Waals surface area contributed by atoms with Gasteiger partial charge in [-0.1, -0.05) is 13.3 Å². The zero-order chi connectivity index (χ0) is 11.7. The molecule has 0 heterocycles. The normalized spacial score (nSPS) is 12.2. The lowest BCUT2D eigenvalue weighted by atomic mass is 10.2. The molecular weight excluding hydrogens is 194 g/mol. The van der Waals surface area contributed by atoms with E-state index >= 15 is 0 Å². The molecule has 0 aliphatic carbocycles. The summed E-state index contributed by atoms with van der Waals surface area (Å²) in [6, 6.07) is -0.395. The second kappa shape index (κ2) is 8.41. The van der Waals surface area contributed by atoms with Crippen molar-refractivity contribution in [2.45, 2.75) is 46.1 Å². The summed E-state index contributed by atoms with van der Waals surface area (Å²) in [5.74, 6) is -0.163. The molecule has 0 aromatic rings.